The summed E-state index contributed by atoms with van der Waals surface area (Å²) in [5.41, 5.74) is 0.0368. The first-order valence-electron chi connectivity index (χ1n) is 5.68. The number of hydrogen-bond donors (Lipinski definition) is 1. The molecule has 16 heavy (non-hydrogen) atoms. The molecule has 0 fully saturated rings. The Morgan fingerprint density at radius 1 is 1.50 bits per heavy atom. The number of amides is 1. The van der Waals surface area contributed by atoms with E-state index < -0.39 is 0 Å². The molecule has 0 bridgehead atoms. The lowest BCUT2D eigenvalue weighted by molar-refractivity contribution is -0.122. The van der Waals surface area contributed by atoms with Crippen LogP contribution in [0.4, 0.5) is 0 Å². The molecule has 0 aliphatic carbocycles. The van der Waals surface area contributed by atoms with Crippen molar-refractivity contribution >= 4 is 5.91 Å². The number of nitrogens with zero attached hydrogens (tertiary/aromatic N) is 2. The molecule has 1 heterocycles. The molecule has 1 aromatic rings. The standard InChI is InChI=1S/C12H21N3O/c1-5-11(16)14-10(12(2,3)4)8-15-7-6-13-9-15/h6-7,9-10H,5,8H2,1-4H3,(H,14,16). The van der Waals surface area contributed by atoms with Gasteiger partial charge in [-0.1, -0.05) is 27.7 Å². The molecule has 0 aliphatic heterocycles. The molecule has 0 saturated heterocycles. The van der Waals surface area contributed by atoms with E-state index in [0.717, 1.165) is 6.54 Å². The summed E-state index contributed by atoms with van der Waals surface area (Å²) < 4.78 is 1.99. The number of imidazole rings is 1. The van der Waals surface area contributed by atoms with Crippen LogP contribution in [0.2, 0.25) is 0 Å². The first-order chi connectivity index (χ1) is 7.43. The second kappa shape index (κ2) is 5.14. The average molecular weight is 223 g/mol. The van der Waals surface area contributed by atoms with Gasteiger partial charge in [0.2, 0.25) is 5.91 Å². The number of hydrogen-bond acceptors (Lipinski definition) is 2. The molecule has 1 aromatic heterocycles. The Hall–Kier alpha value is -1.32. The highest BCUT2D eigenvalue weighted by atomic mass is 16.1. The summed E-state index contributed by atoms with van der Waals surface area (Å²) in [6.07, 6.45) is 5.96. The maximum absolute atomic E-state index is 11.5. The molecule has 0 spiro atoms. The zero-order valence-electron chi connectivity index (χ0n) is 10.5. The number of carbonyl (C=O) groups is 1. The summed E-state index contributed by atoms with van der Waals surface area (Å²) in [6.45, 7) is 9.01. The van der Waals surface area contributed by atoms with Crippen LogP contribution in [0.15, 0.2) is 18.7 Å². The lowest BCUT2D eigenvalue weighted by Crippen LogP contribution is -2.46. The van der Waals surface area contributed by atoms with Crippen LogP contribution in [0.5, 0.6) is 0 Å². The van der Waals surface area contributed by atoms with E-state index in [4.69, 9.17) is 0 Å². The van der Waals surface area contributed by atoms with Crippen molar-refractivity contribution in [3.63, 3.8) is 0 Å². The minimum Gasteiger partial charge on any atom is -0.351 e. The largest absolute Gasteiger partial charge is 0.351 e. The van der Waals surface area contributed by atoms with E-state index in [1.807, 2.05) is 17.7 Å². The van der Waals surface area contributed by atoms with Gasteiger partial charge in [0.05, 0.1) is 12.4 Å². The van der Waals surface area contributed by atoms with Gasteiger partial charge in [0.1, 0.15) is 0 Å². The Morgan fingerprint density at radius 2 is 2.19 bits per heavy atom. The molecule has 1 amide bonds. The van der Waals surface area contributed by atoms with Crippen LogP contribution < -0.4 is 5.32 Å². The van der Waals surface area contributed by atoms with Gasteiger partial charge >= 0.3 is 0 Å². The van der Waals surface area contributed by atoms with Gasteiger partial charge < -0.3 is 9.88 Å². The lowest BCUT2D eigenvalue weighted by Gasteiger charge is -2.31. The molecule has 90 valence electrons. The highest BCUT2D eigenvalue weighted by Crippen LogP contribution is 2.20. The molecular weight excluding hydrogens is 202 g/mol. The van der Waals surface area contributed by atoms with Crippen molar-refractivity contribution in [2.24, 2.45) is 5.41 Å². The lowest BCUT2D eigenvalue weighted by atomic mass is 9.86. The van der Waals surface area contributed by atoms with E-state index >= 15 is 0 Å². The van der Waals surface area contributed by atoms with Gasteiger partial charge in [-0.3, -0.25) is 4.79 Å². The fourth-order valence-electron chi connectivity index (χ4n) is 1.44. The van der Waals surface area contributed by atoms with Crippen LogP contribution in [0, 0.1) is 5.41 Å². The first-order valence-corrected chi connectivity index (χ1v) is 5.68. The highest BCUT2D eigenvalue weighted by Gasteiger charge is 2.25. The second-order valence-corrected chi connectivity index (χ2v) is 5.10. The predicted molar refractivity (Wildman–Crippen MR) is 63.9 cm³/mol. The zero-order valence-corrected chi connectivity index (χ0v) is 10.5. The highest BCUT2D eigenvalue weighted by molar-refractivity contribution is 5.75. The van der Waals surface area contributed by atoms with Crippen LogP contribution in [-0.2, 0) is 11.3 Å². The fraction of sp³-hybridized carbons (Fsp3) is 0.667. The van der Waals surface area contributed by atoms with Gasteiger partial charge in [-0.2, -0.15) is 0 Å². The molecule has 0 radical (unpaired) electrons. The summed E-state index contributed by atoms with van der Waals surface area (Å²) in [7, 11) is 0. The van der Waals surface area contributed by atoms with E-state index in [-0.39, 0.29) is 17.4 Å². The van der Waals surface area contributed by atoms with Crippen LogP contribution in [0.3, 0.4) is 0 Å². The summed E-state index contributed by atoms with van der Waals surface area (Å²) in [6, 6.07) is 0.120. The number of aromatic nitrogens is 2. The maximum atomic E-state index is 11.5. The van der Waals surface area contributed by atoms with E-state index in [1.54, 1.807) is 12.5 Å². The van der Waals surface area contributed by atoms with Crippen LogP contribution in [0.1, 0.15) is 34.1 Å². The van der Waals surface area contributed by atoms with Crippen LogP contribution in [0.25, 0.3) is 0 Å². The Kier molecular flexibility index (Phi) is 4.10. The van der Waals surface area contributed by atoms with E-state index in [2.05, 4.69) is 31.1 Å². The third-order valence-electron chi connectivity index (χ3n) is 2.65. The van der Waals surface area contributed by atoms with Crippen LogP contribution in [-0.4, -0.2) is 21.5 Å². The SMILES string of the molecule is CCC(=O)NC(Cn1ccnc1)C(C)(C)C. The minimum absolute atomic E-state index is 0.0368. The zero-order chi connectivity index (χ0) is 12.2. The fourth-order valence-corrected chi connectivity index (χ4v) is 1.44. The van der Waals surface area contributed by atoms with Gasteiger partial charge in [0.15, 0.2) is 0 Å². The van der Waals surface area contributed by atoms with E-state index in [1.165, 1.54) is 0 Å². The van der Waals surface area contributed by atoms with Crippen molar-refractivity contribution in [2.75, 3.05) is 0 Å². The van der Waals surface area contributed by atoms with Crippen molar-refractivity contribution in [3.8, 4) is 0 Å². The van der Waals surface area contributed by atoms with Gasteiger partial charge in [0.25, 0.3) is 0 Å². The average Bonchev–Trinajstić information content (AvgIpc) is 2.67. The van der Waals surface area contributed by atoms with E-state index in [0.29, 0.717) is 6.42 Å². The molecule has 1 N–H and O–H groups in total. The predicted octanol–water partition coefficient (Wildman–Crippen LogP) is 1.82. The minimum atomic E-state index is 0.0368. The summed E-state index contributed by atoms with van der Waals surface area (Å²) in [4.78, 5) is 15.5. The van der Waals surface area contributed by atoms with E-state index in [9.17, 15) is 4.79 Å². The number of carbonyl (C=O) groups excluding carboxylic acids is 1. The Labute approximate surface area is 97.1 Å². The van der Waals surface area contributed by atoms with Crippen molar-refractivity contribution in [1.82, 2.24) is 14.9 Å². The van der Waals surface area contributed by atoms with Gasteiger partial charge in [-0.15, -0.1) is 0 Å². The molecule has 4 heteroatoms. The van der Waals surface area contributed by atoms with Gasteiger partial charge in [0, 0.05) is 25.4 Å². The number of rotatable bonds is 4. The summed E-state index contributed by atoms with van der Waals surface area (Å²) in [5, 5.41) is 3.06. The topological polar surface area (TPSA) is 46.9 Å². The number of nitrogens with one attached hydrogen (secondary N) is 1. The van der Waals surface area contributed by atoms with Crippen LogP contribution >= 0.6 is 0 Å². The molecule has 0 saturated carbocycles. The molecule has 4 nitrogen and oxygen atoms in total. The Bertz CT molecular complexity index is 325. The molecule has 0 aromatic carbocycles. The van der Waals surface area contributed by atoms with Gasteiger partial charge in [-0.05, 0) is 5.41 Å². The Morgan fingerprint density at radius 3 is 2.62 bits per heavy atom. The molecule has 1 unspecified atom stereocenters. The summed E-state index contributed by atoms with van der Waals surface area (Å²) >= 11 is 0. The van der Waals surface area contributed by atoms with Crippen molar-refractivity contribution in [2.45, 2.75) is 46.7 Å². The third kappa shape index (κ3) is 3.68. The van der Waals surface area contributed by atoms with Gasteiger partial charge in [-0.25, -0.2) is 4.98 Å². The molecule has 0 aliphatic rings. The van der Waals surface area contributed by atoms with Crippen molar-refractivity contribution < 1.29 is 4.79 Å². The van der Waals surface area contributed by atoms with Crippen molar-refractivity contribution in [3.05, 3.63) is 18.7 Å². The van der Waals surface area contributed by atoms with Crippen molar-refractivity contribution in [1.29, 1.82) is 0 Å². The first kappa shape index (κ1) is 12.7. The normalized spacial score (nSPS) is 13.5. The monoisotopic (exact) mass is 223 g/mol. The maximum Gasteiger partial charge on any atom is 0.220 e. The Balaban J connectivity index is 2.68. The smallest absolute Gasteiger partial charge is 0.220 e. The molecule has 1 rings (SSSR count). The second-order valence-electron chi connectivity index (χ2n) is 5.10. The summed E-state index contributed by atoms with van der Waals surface area (Å²) in [5.74, 6) is 0.0973. The molecule has 1 atom stereocenters. The quantitative estimate of drug-likeness (QED) is 0.846. The third-order valence-corrected chi connectivity index (χ3v) is 2.65. The molecular formula is C12H21N3O.